The van der Waals surface area contributed by atoms with E-state index >= 15 is 0 Å². The first-order chi connectivity index (χ1) is 14.7. The van der Waals surface area contributed by atoms with Crippen molar-refractivity contribution in [3.05, 3.63) is 71.2 Å². The van der Waals surface area contributed by atoms with E-state index in [-0.39, 0.29) is 12.5 Å². The zero-order chi connectivity index (χ0) is 20.9. The van der Waals surface area contributed by atoms with E-state index < -0.39 is 5.97 Å². The number of esters is 1. The van der Waals surface area contributed by atoms with Crippen LogP contribution < -0.4 is 5.32 Å². The predicted octanol–water partition coefficient (Wildman–Crippen LogP) is 2.48. The number of benzene rings is 1. The topological polar surface area (TPSA) is 84.4 Å². The van der Waals surface area contributed by atoms with Gasteiger partial charge in [0.25, 0.3) is 5.91 Å². The van der Waals surface area contributed by atoms with Crippen LogP contribution >= 0.6 is 0 Å². The molecule has 0 aliphatic carbocycles. The molecule has 3 heterocycles. The van der Waals surface area contributed by atoms with Crippen molar-refractivity contribution in [3.8, 4) is 0 Å². The monoisotopic (exact) mass is 404 g/mol. The van der Waals surface area contributed by atoms with Crippen LogP contribution in [-0.4, -0.2) is 46.4 Å². The summed E-state index contributed by atoms with van der Waals surface area (Å²) >= 11 is 0. The number of rotatable bonds is 6. The molecule has 0 radical (unpaired) electrons. The van der Waals surface area contributed by atoms with Crippen molar-refractivity contribution in [1.29, 1.82) is 0 Å². The van der Waals surface area contributed by atoms with Gasteiger partial charge >= 0.3 is 5.97 Å². The molecule has 0 atom stereocenters. The number of fused-ring (bicyclic) bond motifs is 2. The van der Waals surface area contributed by atoms with Crippen molar-refractivity contribution < 1.29 is 14.3 Å². The van der Waals surface area contributed by atoms with Gasteiger partial charge in [-0.05, 0) is 24.2 Å². The SMILES string of the molecule is CCN1CCc2nc3ccccc3c(C(=O)OCC(=O)NCc3cccnc3)c2C1. The highest BCUT2D eigenvalue weighted by molar-refractivity contribution is 6.05. The number of amides is 1. The number of pyridine rings is 2. The van der Waals surface area contributed by atoms with Gasteiger partial charge in [-0.25, -0.2) is 4.79 Å². The minimum atomic E-state index is -0.487. The lowest BCUT2D eigenvalue weighted by Gasteiger charge is -2.28. The molecule has 3 aromatic rings. The molecule has 0 saturated carbocycles. The van der Waals surface area contributed by atoms with Gasteiger partial charge in [-0.2, -0.15) is 0 Å². The van der Waals surface area contributed by atoms with Gasteiger partial charge in [-0.1, -0.05) is 31.2 Å². The van der Waals surface area contributed by atoms with Crippen molar-refractivity contribution in [2.45, 2.75) is 26.4 Å². The highest BCUT2D eigenvalue weighted by Crippen LogP contribution is 2.28. The predicted molar refractivity (Wildman–Crippen MR) is 113 cm³/mol. The minimum absolute atomic E-state index is 0.331. The standard InChI is InChI=1S/C23H24N4O3/c1-2-27-11-9-20-18(14-27)22(17-7-3-4-8-19(17)26-20)23(29)30-15-21(28)25-13-16-6-5-10-24-12-16/h3-8,10,12H,2,9,11,13-15H2,1H3,(H,25,28). The number of para-hydroxylation sites is 1. The van der Waals surface area contributed by atoms with E-state index in [1.807, 2.05) is 30.3 Å². The van der Waals surface area contributed by atoms with Gasteiger partial charge in [0.05, 0.1) is 11.1 Å². The molecule has 1 N–H and O–H groups in total. The molecular formula is C23H24N4O3. The number of carbonyl (C=O) groups excluding carboxylic acids is 2. The molecule has 0 unspecified atom stereocenters. The first kappa shape index (κ1) is 20.0. The molecule has 2 aromatic heterocycles. The Balaban J connectivity index is 1.51. The lowest BCUT2D eigenvalue weighted by atomic mass is 9.96. The summed E-state index contributed by atoms with van der Waals surface area (Å²) < 4.78 is 5.41. The van der Waals surface area contributed by atoms with E-state index in [1.54, 1.807) is 18.5 Å². The normalized spacial score (nSPS) is 13.6. The number of likely N-dealkylation sites (N-methyl/N-ethyl adjacent to an activating group) is 1. The van der Waals surface area contributed by atoms with Crippen LogP contribution in [0.25, 0.3) is 10.9 Å². The quantitative estimate of drug-likeness (QED) is 0.636. The highest BCUT2D eigenvalue weighted by atomic mass is 16.5. The number of ether oxygens (including phenoxy) is 1. The maximum absolute atomic E-state index is 13.0. The zero-order valence-electron chi connectivity index (χ0n) is 16.9. The summed E-state index contributed by atoms with van der Waals surface area (Å²) in [6.07, 6.45) is 4.15. The smallest absolute Gasteiger partial charge is 0.339 e. The van der Waals surface area contributed by atoms with Gasteiger partial charge in [0.2, 0.25) is 0 Å². The van der Waals surface area contributed by atoms with Crippen LogP contribution in [0, 0.1) is 0 Å². The molecule has 1 amide bonds. The molecule has 30 heavy (non-hydrogen) atoms. The third-order valence-corrected chi connectivity index (χ3v) is 5.32. The Hall–Kier alpha value is -3.32. The van der Waals surface area contributed by atoms with Gasteiger partial charge in [0.1, 0.15) is 0 Å². The largest absolute Gasteiger partial charge is 0.452 e. The molecule has 0 bridgehead atoms. The Morgan fingerprint density at radius 2 is 2.07 bits per heavy atom. The molecule has 1 aliphatic heterocycles. The van der Waals surface area contributed by atoms with E-state index in [2.05, 4.69) is 22.1 Å². The Labute approximate surface area is 175 Å². The number of nitrogens with one attached hydrogen (secondary N) is 1. The van der Waals surface area contributed by atoms with E-state index in [4.69, 9.17) is 9.72 Å². The molecule has 0 fully saturated rings. The zero-order valence-corrected chi connectivity index (χ0v) is 16.9. The maximum atomic E-state index is 13.0. The Bertz CT molecular complexity index is 1070. The van der Waals surface area contributed by atoms with Gasteiger partial charge < -0.3 is 10.1 Å². The molecule has 0 spiro atoms. The maximum Gasteiger partial charge on any atom is 0.339 e. The van der Waals surface area contributed by atoms with Crippen LogP contribution in [0.5, 0.6) is 0 Å². The van der Waals surface area contributed by atoms with Crippen LogP contribution in [0.1, 0.15) is 34.1 Å². The van der Waals surface area contributed by atoms with Gasteiger partial charge in [-0.3, -0.25) is 19.7 Å². The lowest BCUT2D eigenvalue weighted by Crippen LogP contribution is -2.33. The van der Waals surface area contributed by atoms with Gasteiger partial charge in [0, 0.05) is 55.1 Å². The average Bonchev–Trinajstić information content (AvgIpc) is 2.79. The van der Waals surface area contributed by atoms with Crippen LogP contribution in [0.2, 0.25) is 0 Å². The van der Waals surface area contributed by atoms with Crippen LogP contribution in [0.15, 0.2) is 48.8 Å². The Morgan fingerprint density at radius 3 is 2.87 bits per heavy atom. The highest BCUT2D eigenvalue weighted by Gasteiger charge is 2.26. The molecule has 1 aliphatic rings. The van der Waals surface area contributed by atoms with Crippen LogP contribution in [0.3, 0.4) is 0 Å². The second-order valence-corrected chi connectivity index (χ2v) is 7.26. The Morgan fingerprint density at radius 1 is 1.20 bits per heavy atom. The molecular weight excluding hydrogens is 380 g/mol. The molecule has 1 aromatic carbocycles. The van der Waals surface area contributed by atoms with E-state index in [1.165, 1.54) is 0 Å². The van der Waals surface area contributed by atoms with Crippen LogP contribution in [-0.2, 0) is 29.0 Å². The summed E-state index contributed by atoms with van der Waals surface area (Å²) in [7, 11) is 0. The van der Waals surface area contributed by atoms with Crippen molar-refractivity contribution in [2.75, 3.05) is 19.7 Å². The fourth-order valence-corrected chi connectivity index (χ4v) is 3.71. The Kier molecular flexibility index (Phi) is 5.99. The summed E-state index contributed by atoms with van der Waals surface area (Å²) in [5.41, 5.74) is 4.02. The third kappa shape index (κ3) is 4.31. The summed E-state index contributed by atoms with van der Waals surface area (Å²) in [5.74, 6) is -0.839. The van der Waals surface area contributed by atoms with Crippen LogP contribution in [0.4, 0.5) is 0 Å². The van der Waals surface area contributed by atoms with Gasteiger partial charge in [0.15, 0.2) is 6.61 Å². The summed E-state index contributed by atoms with van der Waals surface area (Å²) in [6.45, 7) is 4.58. The fraction of sp³-hybridized carbons (Fsp3) is 0.304. The number of nitrogens with zero attached hydrogens (tertiary/aromatic N) is 3. The second kappa shape index (κ2) is 9.00. The summed E-state index contributed by atoms with van der Waals surface area (Å²) in [5, 5.41) is 3.50. The molecule has 154 valence electrons. The molecule has 0 saturated heterocycles. The number of hydrogen-bond donors (Lipinski definition) is 1. The first-order valence-electron chi connectivity index (χ1n) is 10.1. The number of hydrogen-bond acceptors (Lipinski definition) is 6. The van der Waals surface area contributed by atoms with Crippen molar-refractivity contribution in [2.24, 2.45) is 0 Å². The second-order valence-electron chi connectivity index (χ2n) is 7.26. The molecule has 7 heteroatoms. The third-order valence-electron chi connectivity index (χ3n) is 5.32. The van der Waals surface area contributed by atoms with Crippen molar-refractivity contribution in [1.82, 2.24) is 20.2 Å². The fourth-order valence-electron chi connectivity index (χ4n) is 3.71. The number of aromatic nitrogens is 2. The van der Waals surface area contributed by atoms with E-state index in [0.717, 1.165) is 47.2 Å². The number of carbonyl (C=O) groups is 2. The first-order valence-corrected chi connectivity index (χ1v) is 10.1. The summed E-state index contributed by atoms with van der Waals surface area (Å²) in [6, 6.07) is 11.2. The van der Waals surface area contributed by atoms with Gasteiger partial charge in [-0.15, -0.1) is 0 Å². The van der Waals surface area contributed by atoms with Crippen molar-refractivity contribution >= 4 is 22.8 Å². The minimum Gasteiger partial charge on any atom is -0.452 e. The van der Waals surface area contributed by atoms with E-state index in [9.17, 15) is 9.59 Å². The van der Waals surface area contributed by atoms with Crippen molar-refractivity contribution in [3.63, 3.8) is 0 Å². The molecule has 4 rings (SSSR count). The van der Waals surface area contributed by atoms with E-state index in [0.29, 0.717) is 18.7 Å². The molecule has 7 nitrogen and oxygen atoms in total. The average molecular weight is 404 g/mol. The summed E-state index contributed by atoms with van der Waals surface area (Å²) in [4.78, 5) is 36.3. The lowest BCUT2D eigenvalue weighted by molar-refractivity contribution is -0.124.